The molecule has 0 aromatic heterocycles. The van der Waals surface area contributed by atoms with Gasteiger partial charge in [-0.3, -0.25) is 4.79 Å². The molecule has 1 aliphatic carbocycles. The molecule has 1 aromatic rings. The Kier molecular flexibility index (Phi) is 3.09. The highest BCUT2D eigenvalue weighted by atomic mass is 16.5. The van der Waals surface area contributed by atoms with Gasteiger partial charge < -0.3 is 4.74 Å². The summed E-state index contributed by atoms with van der Waals surface area (Å²) in [5.41, 5.74) is 2.20. The number of carbonyl (C=O) groups excluding carboxylic acids is 1. The molecular formula is C14H16O2. The Morgan fingerprint density at radius 2 is 1.94 bits per heavy atom. The zero-order chi connectivity index (χ0) is 11.5. The second-order valence-corrected chi connectivity index (χ2v) is 4.12. The van der Waals surface area contributed by atoms with Crippen LogP contribution >= 0.6 is 0 Å². The Balaban J connectivity index is 2.17. The average molecular weight is 216 g/mol. The van der Waals surface area contributed by atoms with Gasteiger partial charge in [0.1, 0.15) is 5.75 Å². The first kappa shape index (κ1) is 10.9. The molecule has 84 valence electrons. The molecule has 0 bridgehead atoms. The average Bonchev–Trinajstić information content (AvgIpc) is 2.71. The van der Waals surface area contributed by atoms with Crippen molar-refractivity contribution in [2.45, 2.75) is 25.7 Å². The third-order valence-corrected chi connectivity index (χ3v) is 3.19. The SMILES string of the molecule is C/C=C1/CC(c2ccc(OC)cc2)CC1=O. The number of methoxy groups -OCH3 is 1. The number of carbonyl (C=O) groups is 1. The van der Waals surface area contributed by atoms with Gasteiger partial charge in [0.15, 0.2) is 5.78 Å². The van der Waals surface area contributed by atoms with E-state index in [1.54, 1.807) is 7.11 Å². The molecule has 1 fully saturated rings. The maximum atomic E-state index is 11.6. The van der Waals surface area contributed by atoms with E-state index in [1.165, 1.54) is 5.56 Å². The van der Waals surface area contributed by atoms with Gasteiger partial charge >= 0.3 is 0 Å². The van der Waals surface area contributed by atoms with Crippen LogP contribution in [0.25, 0.3) is 0 Å². The summed E-state index contributed by atoms with van der Waals surface area (Å²) in [6, 6.07) is 8.01. The van der Waals surface area contributed by atoms with Crippen LogP contribution in [0, 0.1) is 0 Å². The molecular weight excluding hydrogens is 200 g/mol. The topological polar surface area (TPSA) is 26.3 Å². The van der Waals surface area contributed by atoms with E-state index in [1.807, 2.05) is 25.1 Å². The van der Waals surface area contributed by atoms with Crippen LogP contribution in [0.4, 0.5) is 0 Å². The van der Waals surface area contributed by atoms with Crippen molar-refractivity contribution in [2.24, 2.45) is 0 Å². The van der Waals surface area contributed by atoms with Gasteiger partial charge in [-0.25, -0.2) is 0 Å². The Morgan fingerprint density at radius 1 is 1.25 bits per heavy atom. The van der Waals surface area contributed by atoms with Gasteiger partial charge in [0.2, 0.25) is 0 Å². The lowest BCUT2D eigenvalue weighted by molar-refractivity contribution is -0.114. The second-order valence-electron chi connectivity index (χ2n) is 4.12. The number of ketones is 1. The molecule has 1 atom stereocenters. The Labute approximate surface area is 95.9 Å². The molecule has 0 radical (unpaired) electrons. The Hall–Kier alpha value is -1.57. The highest BCUT2D eigenvalue weighted by Crippen LogP contribution is 2.35. The lowest BCUT2D eigenvalue weighted by atomic mass is 9.97. The third-order valence-electron chi connectivity index (χ3n) is 3.19. The van der Waals surface area contributed by atoms with Gasteiger partial charge in [-0.2, -0.15) is 0 Å². The summed E-state index contributed by atoms with van der Waals surface area (Å²) >= 11 is 0. The summed E-state index contributed by atoms with van der Waals surface area (Å²) in [5, 5.41) is 0. The highest BCUT2D eigenvalue weighted by molar-refractivity contribution is 5.98. The number of benzene rings is 1. The fourth-order valence-corrected chi connectivity index (χ4v) is 2.20. The van der Waals surface area contributed by atoms with Crippen molar-refractivity contribution < 1.29 is 9.53 Å². The van der Waals surface area contributed by atoms with Crippen LogP contribution in [-0.2, 0) is 4.79 Å². The van der Waals surface area contributed by atoms with Crippen molar-refractivity contribution in [2.75, 3.05) is 7.11 Å². The zero-order valence-electron chi connectivity index (χ0n) is 9.69. The van der Waals surface area contributed by atoms with E-state index in [0.717, 1.165) is 17.7 Å². The molecule has 2 rings (SSSR count). The minimum absolute atomic E-state index is 0.295. The lowest BCUT2D eigenvalue weighted by Crippen LogP contribution is -1.94. The number of rotatable bonds is 2. The predicted molar refractivity (Wildman–Crippen MR) is 63.7 cm³/mol. The second kappa shape index (κ2) is 4.52. The van der Waals surface area contributed by atoms with Crippen LogP contribution in [0.3, 0.4) is 0 Å². The van der Waals surface area contributed by atoms with Crippen molar-refractivity contribution in [1.29, 1.82) is 0 Å². The zero-order valence-corrected chi connectivity index (χ0v) is 9.69. The molecule has 16 heavy (non-hydrogen) atoms. The minimum Gasteiger partial charge on any atom is -0.497 e. The fourth-order valence-electron chi connectivity index (χ4n) is 2.20. The highest BCUT2D eigenvalue weighted by Gasteiger charge is 2.27. The molecule has 2 nitrogen and oxygen atoms in total. The molecule has 0 heterocycles. The van der Waals surface area contributed by atoms with Gasteiger partial charge in [-0.15, -0.1) is 0 Å². The predicted octanol–water partition coefficient (Wildman–Crippen LogP) is 3.09. The van der Waals surface area contributed by atoms with Crippen LogP contribution in [-0.4, -0.2) is 12.9 Å². The van der Waals surface area contributed by atoms with E-state index in [4.69, 9.17) is 4.74 Å². The third kappa shape index (κ3) is 2.01. The monoisotopic (exact) mass is 216 g/mol. The largest absolute Gasteiger partial charge is 0.497 e. The number of Topliss-reactive ketones (excluding diaryl/α,β-unsaturated/α-hetero) is 1. The summed E-state index contributed by atoms with van der Waals surface area (Å²) < 4.78 is 5.12. The number of hydrogen-bond acceptors (Lipinski definition) is 2. The first-order chi connectivity index (χ1) is 7.74. The molecule has 0 aliphatic heterocycles. The number of ether oxygens (including phenoxy) is 1. The minimum atomic E-state index is 0.295. The maximum absolute atomic E-state index is 11.6. The van der Waals surface area contributed by atoms with Gasteiger partial charge in [0.25, 0.3) is 0 Å². The molecule has 1 saturated carbocycles. The van der Waals surface area contributed by atoms with E-state index >= 15 is 0 Å². The van der Waals surface area contributed by atoms with Crippen LogP contribution < -0.4 is 4.74 Å². The number of allylic oxidation sites excluding steroid dienone is 2. The Bertz CT molecular complexity index is 415. The number of hydrogen-bond donors (Lipinski definition) is 0. The van der Waals surface area contributed by atoms with Gasteiger partial charge in [-0.1, -0.05) is 18.2 Å². The van der Waals surface area contributed by atoms with E-state index < -0.39 is 0 Å². The summed E-state index contributed by atoms with van der Waals surface area (Å²) in [7, 11) is 1.66. The fraction of sp³-hybridized carbons (Fsp3) is 0.357. The molecule has 0 N–H and O–H groups in total. The van der Waals surface area contributed by atoms with Crippen molar-refractivity contribution in [3.8, 4) is 5.75 Å². The van der Waals surface area contributed by atoms with Crippen LogP contribution in [0.15, 0.2) is 35.9 Å². The standard InChI is InChI=1S/C14H16O2/c1-3-10-8-12(9-14(10)15)11-4-6-13(16-2)7-5-11/h3-7,12H,8-9H2,1-2H3/b10-3-. The Morgan fingerprint density at radius 3 is 2.44 bits per heavy atom. The molecule has 2 heteroatoms. The first-order valence-electron chi connectivity index (χ1n) is 5.57. The van der Waals surface area contributed by atoms with Crippen LogP contribution in [0.1, 0.15) is 31.2 Å². The van der Waals surface area contributed by atoms with Gasteiger partial charge in [-0.05, 0) is 42.5 Å². The van der Waals surface area contributed by atoms with E-state index in [9.17, 15) is 4.79 Å². The van der Waals surface area contributed by atoms with Gasteiger partial charge in [0.05, 0.1) is 7.11 Å². The summed E-state index contributed by atoms with van der Waals surface area (Å²) in [6.07, 6.45) is 3.46. The summed E-state index contributed by atoms with van der Waals surface area (Å²) in [6.45, 7) is 1.93. The van der Waals surface area contributed by atoms with Crippen molar-refractivity contribution in [1.82, 2.24) is 0 Å². The summed E-state index contributed by atoms with van der Waals surface area (Å²) in [5.74, 6) is 1.51. The molecule has 1 aromatic carbocycles. The maximum Gasteiger partial charge on any atom is 0.159 e. The molecule has 1 unspecified atom stereocenters. The first-order valence-corrected chi connectivity index (χ1v) is 5.57. The van der Waals surface area contributed by atoms with E-state index in [2.05, 4.69) is 12.1 Å². The van der Waals surface area contributed by atoms with Crippen molar-refractivity contribution in [3.05, 3.63) is 41.5 Å². The summed E-state index contributed by atoms with van der Waals surface area (Å²) in [4.78, 5) is 11.6. The van der Waals surface area contributed by atoms with Crippen molar-refractivity contribution in [3.63, 3.8) is 0 Å². The lowest BCUT2D eigenvalue weighted by Gasteiger charge is -2.08. The van der Waals surface area contributed by atoms with E-state index in [-0.39, 0.29) is 0 Å². The molecule has 0 amide bonds. The van der Waals surface area contributed by atoms with Crippen LogP contribution in [0.2, 0.25) is 0 Å². The molecule has 0 saturated heterocycles. The molecule has 0 spiro atoms. The van der Waals surface area contributed by atoms with Crippen LogP contribution in [0.5, 0.6) is 5.75 Å². The smallest absolute Gasteiger partial charge is 0.159 e. The van der Waals surface area contributed by atoms with Crippen molar-refractivity contribution >= 4 is 5.78 Å². The van der Waals surface area contributed by atoms with Gasteiger partial charge in [0, 0.05) is 6.42 Å². The molecule has 1 aliphatic rings. The van der Waals surface area contributed by atoms with E-state index in [0.29, 0.717) is 18.1 Å². The quantitative estimate of drug-likeness (QED) is 0.710. The normalized spacial score (nSPS) is 22.8.